The highest BCUT2D eigenvalue weighted by Crippen LogP contribution is 2.21. The topological polar surface area (TPSA) is 77.5 Å². The van der Waals surface area contributed by atoms with Crippen molar-refractivity contribution >= 4 is 27.7 Å². The van der Waals surface area contributed by atoms with E-state index in [-0.39, 0.29) is 11.1 Å². The van der Waals surface area contributed by atoms with Crippen molar-refractivity contribution in [1.29, 1.82) is 0 Å². The van der Waals surface area contributed by atoms with Crippen LogP contribution in [-0.2, 0) is 12.8 Å². The molecule has 4 aromatic rings. The van der Waals surface area contributed by atoms with Gasteiger partial charge in [-0.2, -0.15) is 0 Å². The number of rotatable bonds is 8. The molecule has 0 aliphatic heterocycles. The summed E-state index contributed by atoms with van der Waals surface area (Å²) in [7, 11) is 0. The highest BCUT2D eigenvalue weighted by molar-refractivity contribution is 6.10. The summed E-state index contributed by atoms with van der Waals surface area (Å²) in [6, 6.07) is 14.2. The summed E-state index contributed by atoms with van der Waals surface area (Å²) in [6.45, 7) is 4.24. The molecule has 2 aromatic heterocycles. The van der Waals surface area contributed by atoms with Gasteiger partial charge < -0.3 is 8.83 Å². The van der Waals surface area contributed by atoms with Crippen LogP contribution in [-0.4, -0.2) is 5.78 Å². The van der Waals surface area contributed by atoms with Crippen molar-refractivity contribution in [3.8, 4) is 0 Å². The summed E-state index contributed by atoms with van der Waals surface area (Å²) >= 11 is 0. The molecule has 0 aliphatic rings. The van der Waals surface area contributed by atoms with Gasteiger partial charge in [0.15, 0.2) is 0 Å². The quantitative estimate of drug-likeness (QED) is 0.260. The maximum atomic E-state index is 13.1. The summed E-state index contributed by atoms with van der Waals surface area (Å²) in [5.41, 5.74) is 1.16. The highest BCUT2D eigenvalue weighted by Gasteiger charge is 2.21. The standard InChI is InChI=1S/C27H26O5/c1-3-5-7-17-9-11-19-15-21(26(29)31-23(19)13-17)25(28)22-16-20-12-10-18(8-6-4-2)14-24(20)32-27(22)30/h9-16H,3-8H2,1-2H3. The first-order chi connectivity index (χ1) is 15.5. The maximum absolute atomic E-state index is 13.1. The molecule has 32 heavy (non-hydrogen) atoms. The first kappa shape index (κ1) is 21.8. The van der Waals surface area contributed by atoms with Crippen molar-refractivity contribution in [2.24, 2.45) is 0 Å². The van der Waals surface area contributed by atoms with Gasteiger partial charge >= 0.3 is 11.3 Å². The van der Waals surface area contributed by atoms with Crippen molar-refractivity contribution in [1.82, 2.24) is 0 Å². The predicted octanol–water partition coefficient (Wildman–Crippen LogP) is 5.82. The van der Waals surface area contributed by atoms with Crippen molar-refractivity contribution < 1.29 is 13.6 Å². The number of ketones is 1. The molecule has 0 bridgehead atoms. The molecule has 2 aromatic carbocycles. The Morgan fingerprint density at radius 1 is 0.688 bits per heavy atom. The van der Waals surface area contributed by atoms with E-state index in [0.29, 0.717) is 21.9 Å². The third kappa shape index (κ3) is 4.42. The lowest BCUT2D eigenvalue weighted by Gasteiger charge is -2.06. The number of fused-ring (bicyclic) bond motifs is 2. The van der Waals surface area contributed by atoms with Crippen LogP contribution in [0.2, 0.25) is 0 Å². The first-order valence-corrected chi connectivity index (χ1v) is 11.2. The Morgan fingerprint density at radius 2 is 1.12 bits per heavy atom. The van der Waals surface area contributed by atoms with Crippen LogP contribution in [0, 0.1) is 0 Å². The van der Waals surface area contributed by atoms with Gasteiger partial charge in [-0.1, -0.05) is 51.0 Å². The van der Waals surface area contributed by atoms with Gasteiger partial charge in [0.2, 0.25) is 5.78 Å². The van der Waals surface area contributed by atoms with Crippen molar-refractivity contribution in [2.75, 3.05) is 0 Å². The van der Waals surface area contributed by atoms with E-state index in [1.54, 1.807) is 0 Å². The molecule has 0 N–H and O–H groups in total. The molecular weight excluding hydrogens is 404 g/mol. The number of unbranched alkanes of at least 4 members (excludes halogenated alkanes) is 2. The molecule has 4 rings (SSSR count). The van der Waals surface area contributed by atoms with Crippen molar-refractivity contribution in [3.05, 3.63) is 91.6 Å². The third-order valence-corrected chi connectivity index (χ3v) is 5.73. The smallest absolute Gasteiger partial charge is 0.347 e. The SMILES string of the molecule is CCCCc1ccc2cc(C(=O)c3cc4ccc(CCCC)cc4oc3=O)c(=O)oc2c1. The second-order valence-corrected chi connectivity index (χ2v) is 8.18. The van der Waals surface area contributed by atoms with Gasteiger partial charge in [-0.05, 0) is 61.1 Å². The van der Waals surface area contributed by atoms with Crippen LogP contribution < -0.4 is 11.3 Å². The molecular formula is C27H26O5. The van der Waals surface area contributed by atoms with Crippen LogP contribution in [0.3, 0.4) is 0 Å². The number of aryl methyl sites for hydroxylation is 2. The Balaban J connectivity index is 1.71. The zero-order chi connectivity index (χ0) is 22.7. The molecule has 0 spiro atoms. The van der Waals surface area contributed by atoms with Crippen molar-refractivity contribution in [2.45, 2.75) is 52.4 Å². The third-order valence-electron chi connectivity index (χ3n) is 5.73. The Labute approximate surface area is 185 Å². The van der Waals surface area contributed by atoms with Crippen LogP contribution in [0.5, 0.6) is 0 Å². The normalized spacial score (nSPS) is 11.3. The van der Waals surface area contributed by atoms with Gasteiger partial charge in [0.1, 0.15) is 22.3 Å². The van der Waals surface area contributed by atoms with Gasteiger partial charge in [-0.3, -0.25) is 4.79 Å². The number of hydrogen-bond acceptors (Lipinski definition) is 5. The van der Waals surface area contributed by atoms with Gasteiger partial charge in [0.05, 0.1) is 0 Å². The Hall–Kier alpha value is -3.47. The van der Waals surface area contributed by atoms with E-state index in [1.807, 2.05) is 36.4 Å². The molecule has 0 saturated heterocycles. The zero-order valence-corrected chi connectivity index (χ0v) is 18.4. The minimum Gasteiger partial charge on any atom is -0.422 e. The van der Waals surface area contributed by atoms with E-state index in [1.165, 1.54) is 12.1 Å². The molecule has 0 radical (unpaired) electrons. The lowest BCUT2D eigenvalue weighted by molar-refractivity contribution is 0.103. The van der Waals surface area contributed by atoms with E-state index < -0.39 is 17.0 Å². The molecule has 0 saturated carbocycles. The van der Waals surface area contributed by atoms with E-state index in [0.717, 1.165) is 49.7 Å². The molecule has 0 aliphatic carbocycles. The number of benzene rings is 2. The van der Waals surface area contributed by atoms with Crippen LogP contribution in [0.15, 0.2) is 67.0 Å². The van der Waals surface area contributed by atoms with Gasteiger partial charge in [-0.25, -0.2) is 9.59 Å². The molecule has 0 atom stereocenters. The molecule has 5 nitrogen and oxygen atoms in total. The minimum absolute atomic E-state index is 0.176. The van der Waals surface area contributed by atoms with E-state index in [4.69, 9.17) is 8.83 Å². The van der Waals surface area contributed by atoms with Gasteiger partial charge in [-0.15, -0.1) is 0 Å². The first-order valence-electron chi connectivity index (χ1n) is 11.2. The fraction of sp³-hybridized carbons (Fsp3) is 0.296. The Morgan fingerprint density at radius 3 is 1.53 bits per heavy atom. The molecule has 5 heteroatoms. The van der Waals surface area contributed by atoms with E-state index in [9.17, 15) is 14.4 Å². The van der Waals surface area contributed by atoms with Crippen LogP contribution >= 0.6 is 0 Å². The summed E-state index contributed by atoms with van der Waals surface area (Å²) < 4.78 is 10.9. The summed E-state index contributed by atoms with van der Waals surface area (Å²) in [6.07, 6.45) is 6.03. The van der Waals surface area contributed by atoms with Crippen LogP contribution in [0.4, 0.5) is 0 Å². The summed E-state index contributed by atoms with van der Waals surface area (Å²) in [5.74, 6) is -0.693. The van der Waals surface area contributed by atoms with Gasteiger partial charge in [0, 0.05) is 10.8 Å². The summed E-state index contributed by atoms with van der Waals surface area (Å²) in [4.78, 5) is 38.2. The fourth-order valence-corrected chi connectivity index (χ4v) is 3.85. The van der Waals surface area contributed by atoms with Crippen LogP contribution in [0.25, 0.3) is 21.9 Å². The minimum atomic E-state index is -0.760. The zero-order valence-electron chi connectivity index (χ0n) is 18.4. The van der Waals surface area contributed by atoms with E-state index in [2.05, 4.69) is 13.8 Å². The number of hydrogen-bond donors (Lipinski definition) is 0. The average molecular weight is 431 g/mol. The summed E-state index contributed by atoms with van der Waals surface area (Å²) in [5, 5.41) is 1.28. The molecule has 0 amide bonds. The largest absolute Gasteiger partial charge is 0.422 e. The van der Waals surface area contributed by atoms with Gasteiger partial charge in [0.25, 0.3) is 0 Å². The Bertz CT molecular complexity index is 1300. The second-order valence-electron chi connectivity index (χ2n) is 8.18. The predicted molar refractivity (Wildman–Crippen MR) is 126 cm³/mol. The highest BCUT2D eigenvalue weighted by atomic mass is 16.4. The lowest BCUT2D eigenvalue weighted by Crippen LogP contribution is -2.20. The monoisotopic (exact) mass is 430 g/mol. The van der Waals surface area contributed by atoms with Crippen molar-refractivity contribution in [3.63, 3.8) is 0 Å². The fourth-order valence-electron chi connectivity index (χ4n) is 3.85. The maximum Gasteiger partial charge on any atom is 0.347 e. The molecule has 2 heterocycles. The molecule has 0 unspecified atom stereocenters. The lowest BCUT2D eigenvalue weighted by atomic mass is 10.0. The second kappa shape index (κ2) is 9.35. The molecule has 0 fully saturated rings. The number of carbonyl (C=O) groups is 1. The molecule has 164 valence electrons. The number of carbonyl (C=O) groups excluding carboxylic acids is 1. The Kier molecular flexibility index (Phi) is 6.35. The van der Waals surface area contributed by atoms with Crippen LogP contribution in [0.1, 0.15) is 66.6 Å². The average Bonchev–Trinajstić information content (AvgIpc) is 2.79. The van der Waals surface area contributed by atoms with E-state index >= 15 is 0 Å².